The number of nitrogens with one attached hydrogen (secondary N) is 1. The maximum Gasteiger partial charge on any atom is 0.410 e. The van der Waals surface area contributed by atoms with Crippen LogP contribution >= 0.6 is 0 Å². The molecule has 2 N–H and O–H groups in total. The van der Waals surface area contributed by atoms with Crippen LogP contribution in [-0.2, 0) is 19.0 Å². The second-order valence-corrected chi connectivity index (χ2v) is 9.44. The number of halogens is 1. The summed E-state index contributed by atoms with van der Waals surface area (Å²) >= 11 is 0. The van der Waals surface area contributed by atoms with Gasteiger partial charge in [0.15, 0.2) is 0 Å². The summed E-state index contributed by atoms with van der Waals surface area (Å²) < 4.78 is 30.6. The number of likely N-dealkylation sites (N-methyl/N-ethyl adjacent to an activating group) is 1. The molecular formula is C21H32FN3O8. The quantitative estimate of drug-likeness (QED) is 0.562. The Kier molecular flexibility index (Phi) is 8.41. The van der Waals surface area contributed by atoms with Gasteiger partial charge in [-0.15, -0.1) is 0 Å². The third-order valence-electron chi connectivity index (χ3n) is 4.94. The Bertz CT molecular complexity index is 967. The number of aliphatic hydroxyl groups is 1. The molecule has 1 aromatic rings. The predicted molar refractivity (Wildman–Crippen MR) is 114 cm³/mol. The third-order valence-corrected chi connectivity index (χ3v) is 4.94. The van der Waals surface area contributed by atoms with Gasteiger partial charge in [0.25, 0.3) is 5.56 Å². The Hall–Kier alpha value is -2.73. The van der Waals surface area contributed by atoms with E-state index in [1.165, 1.54) is 11.9 Å². The molecule has 2 rings (SSSR count). The summed E-state index contributed by atoms with van der Waals surface area (Å²) in [6, 6.07) is -0.926. The van der Waals surface area contributed by atoms with Crippen molar-refractivity contribution in [3.63, 3.8) is 0 Å². The van der Waals surface area contributed by atoms with Gasteiger partial charge in [-0.1, -0.05) is 13.8 Å². The van der Waals surface area contributed by atoms with Gasteiger partial charge in [-0.25, -0.2) is 14.4 Å². The zero-order chi connectivity index (χ0) is 25.1. The molecule has 1 aromatic heterocycles. The number of rotatable bonds is 7. The second kappa shape index (κ2) is 10.5. The molecule has 1 saturated heterocycles. The first-order valence-electron chi connectivity index (χ1n) is 10.7. The number of esters is 1. The minimum atomic E-state index is -1.18. The van der Waals surface area contributed by atoms with E-state index in [0.717, 1.165) is 4.57 Å². The van der Waals surface area contributed by atoms with Crippen LogP contribution in [0, 0.1) is 11.7 Å². The highest BCUT2D eigenvalue weighted by molar-refractivity contribution is 5.81. The van der Waals surface area contributed by atoms with E-state index < -0.39 is 59.2 Å². The van der Waals surface area contributed by atoms with Gasteiger partial charge < -0.3 is 19.3 Å². The fourth-order valence-electron chi connectivity index (χ4n) is 3.29. The minimum Gasteiger partial charge on any atom is -0.461 e. The predicted octanol–water partition coefficient (Wildman–Crippen LogP) is 1.15. The average molecular weight is 473 g/mol. The smallest absolute Gasteiger partial charge is 0.410 e. The number of nitrogens with zero attached hydrogens (tertiary/aromatic N) is 2. The van der Waals surface area contributed by atoms with Gasteiger partial charge >= 0.3 is 17.8 Å². The van der Waals surface area contributed by atoms with E-state index >= 15 is 0 Å². The normalized spacial score (nSPS) is 21.7. The zero-order valence-electron chi connectivity index (χ0n) is 19.7. The standard InChI is InChI=1S/C21H32FN3O8/c1-11(2)7-13(24(6)20(30)33-21(3,4)5)18(28)31-10-15-14(26)8-16(32-15)25-9-12(22)17(27)23-19(25)29/h9,11,13-16,26H,7-8,10H2,1-6H3,(H,23,27,29)/t13-,14-,15+,16+/m0/s1. The van der Waals surface area contributed by atoms with E-state index in [1.54, 1.807) is 20.8 Å². The molecular weight excluding hydrogens is 441 g/mol. The van der Waals surface area contributed by atoms with E-state index in [9.17, 15) is 28.7 Å². The van der Waals surface area contributed by atoms with E-state index in [4.69, 9.17) is 14.2 Å². The molecule has 1 aliphatic heterocycles. The van der Waals surface area contributed by atoms with Crippen molar-refractivity contribution in [3.05, 3.63) is 32.9 Å². The lowest BCUT2D eigenvalue weighted by molar-refractivity contribution is -0.156. The first kappa shape index (κ1) is 26.5. The van der Waals surface area contributed by atoms with E-state index in [1.807, 2.05) is 18.8 Å². The molecule has 4 atom stereocenters. The van der Waals surface area contributed by atoms with Gasteiger partial charge in [0, 0.05) is 13.5 Å². The average Bonchev–Trinajstić information content (AvgIpc) is 3.05. The van der Waals surface area contributed by atoms with Crippen LogP contribution in [-0.4, -0.2) is 69.1 Å². The van der Waals surface area contributed by atoms with Crippen molar-refractivity contribution >= 4 is 12.1 Å². The molecule has 0 unspecified atom stereocenters. The molecule has 1 aliphatic rings. The Morgan fingerprint density at radius 1 is 1.36 bits per heavy atom. The molecule has 1 amide bonds. The van der Waals surface area contributed by atoms with Crippen LogP contribution in [0.3, 0.4) is 0 Å². The van der Waals surface area contributed by atoms with Gasteiger partial charge in [-0.05, 0) is 33.1 Å². The highest BCUT2D eigenvalue weighted by Crippen LogP contribution is 2.28. The summed E-state index contributed by atoms with van der Waals surface area (Å²) in [6.45, 7) is 8.56. The number of aromatic amines is 1. The number of amides is 1. The van der Waals surface area contributed by atoms with Crippen LogP contribution in [0.2, 0.25) is 0 Å². The molecule has 0 bridgehead atoms. The third kappa shape index (κ3) is 7.13. The highest BCUT2D eigenvalue weighted by Gasteiger charge is 2.38. The van der Waals surface area contributed by atoms with Gasteiger partial charge in [0.1, 0.15) is 30.6 Å². The molecule has 0 aliphatic carbocycles. The number of aromatic nitrogens is 2. The Balaban J connectivity index is 2.06. The molecule has 1 fully saturated rings. The minimum absolute atomic E-state index is 0.0622. The van der Waals surface area contributed by atoms with E-state index in [2.05, 4.69) is 0 Å². The summed E-state index contributed by atoms with van der Waals surface area (Å²) in [6.07, 6.45) is -2.91. The van der Waals surface area contributed by atoms with Crippen molar-refractivity contribution in [1.82, 2.24) is 14.5 Å². The van der Waals surface area contributed by atoms with Crippen molar-refractivity contribution in [1.29, 1.82) is 0 Å². The van der Waals surface area contributed by atoms with Crippen molar-refractivity contribution in [2.45, 2.75) is 77.5 Å². The molecule has 2 heterocycles. The van der Waals surface area contributed by atoms with Crippen LogP contribution in [0.1, 0.15) is 53.7 Å². The van der Waals surface area contributed by atoms with Crippen molar-refractivity contribution in [2.24, 2.45) is 5.92 Å². The second-order valence-electron chi connectivity index (χ2n) is 9.44. The summed E-state index contributed by atoms with van der Waals surface area (Å²) in [5, 5.41) is 10.3. The topological polar surface area (TPSA) is 140 Å². The summed E-state index contributed by atoms with van der Waals surface area (Å²) in [5.41, 5.74) is -2.80. The Morgan fingerprint density at radius 3 is 2.58 bits per heavy atom. The molecule has 0 spiro atoms. The number of aliphatic hydroxyl groups excluding tert-OH is 1. The molecule has 12 heteroatoms. The first-order valence-corrected chi connectivity index (χ1v) is 10.7. The zero-order valence-corrected chi connectivity index (χ0v) is 19.7. The van der Waals surface area contributed by atoms with E-state index in [0.29, 0.717) is 12.6 Å². The molecule has 0 radical (unpaired) electrons. The lowest BCUT2D eigenvalue weighted by Gasteiger charge is -2.30. The summed E-state index contributed by atoms with van der Waals surface area (Å²) in [4.78, 5) is 51.3. The largest absolute Gasteiger partial charge is 0.461 e. The maximum absolute atomic E-state index is 13.6. The maximum atomic E-state index is 13.6. The fourth-order valence-corrected chi connectivity index (χ4v) is 3.29. The van der Waals surface area contributed by atoms with Crippen LogP contribution in [0.15, 0.2) is 15.8 Å². The first-order chi connectivity index (χ1) is 15.2. The summed E-state index contributed by atoms with van der Waals surface area (Å²) in [5.74, 6) is -1.82. The van der Waals surface area contributed by atoms with Crippen molar-refractivity contribution in [2.75, 3.05) is 13.7 Å². The highest BCUT2D eigenvalue weighted by atomic mass is 19.1. The fraction of sp³-hybridized carbons (Fsp3) is 0.714. The number of hydrogen-bond acceptors (Lipinski definition) is 8. The molecule has 186 valence electrons. The molecule has 0 aromatic carbocycles. The van der Waals surface area contributed by atoms with Crippen LogP contribution < -0.4 is 11.2 Å². The number of ether oxygens (including phenoxy) is 3. The van der Waals surface area contributed by atoms with Crippen LogP contribution in [0.4, 0.5) is 9.18 Å². The lowest BCUT2D eigenvalue weighted by atomic mass is 10.0. The lowest BCUT2D eigenvalue weighted by Crippen LogP contribution is -2.46. The van der Waals surface area contributed by atoms with Gasteiger partial charge in [-0.3, -0.25) is 19.2 Å². The SMILES string of the molecule is CC(C)C[C@@H](C(=O)OC[C@H]1O[C@@H](n2cc(F)c(=O)[nH]c2=O)C[C@@H]1O)N(C)C(=O)OC(C)(C)C. The number of hydrogen-bond donors (Lipinski definition) is 2. The van der Waals surface area contributed by atoms with Crippen molar-refractivity contribution in [3.8, 4) is 0 Å². The Morgan fingerprint density at radius 2 is 2.00 bits per heavy atom. The number of H-pyrrole nitrogens is 1. The van der Waals surface area contributed by atoms with Crippen LogP contribution in [0.5, 0.6) is 0 Å². The van der Waals surface area contributed by atoms with Crippen molar-refractivity contribution < 1.29 is 33.3 Å². The molecule has 33 heavy (non-hydrogen) atoms. The number of carbonyl (C=O) groups is 2. The van der Waals surface area contributed by atoms with Gasteiger partial charge in [0.2, 0.25) is 5.82 Å². The van der Waals surface area contributed by atoms with Crippen LogP contribution in [0.25, 0.3) is 0 Å². The van der Waals surface area contributed by atoms with Gasteiger partial charge in [-0.2, -0.15) is 4.39 Å². The van der Waals surface area contributed by atoms with Gasteiger partial charge in [0.05, 0.1) is 12.3 Å². The number of carbonyl (C=O) groups excluding carboxylic acids is 2. The van der Waals surface area contributed by atoms with E-state index in [-0.39, 0.29) is 18.9 Å². The molecule has 11 nitrogen and oxygen atoms in total. The monoisotopic (exact) mass is 473 g/mol. The summed E-state index contributed by atoms with van der Waals surface area (Å²) in [7, 11) is 1.44. The molecule has 0 saturated carbocycles. The Labute approximate surface area is 190 Å².